The Morgan fingerprint density at radius 3 is 0.579 bits per heavy atom. The van der Waals surface area contributed by atoms with Crippen molar-refractivity contribution in [1.29, 1.82) is 0 Å². The predicted octanol–water partition coefficient (Wildman–Crippen LogP) is 8.78. The summed E-state index contributed by atoms with van der Waals surface area (Å²) in [6.45, 7) is 18.8. The Morgan fingerprint density at radius 2 is 0.500 bits per heavy atom. The minimum absolute atomic E-state index is 0. The number of hydrogen-bond donors (Lipinski definition) is 4. The fourth-order valence-corrected chi connectivity index (χ4v) is 3.67. The van der Waals surface area contributed by atoms with Gasteiger partial charge in [-0.05, 0) is 49.4 Å². The van der Waals surface area contributed by atoms with E-state index in [1.54, 1.807) is 0 Å². The quantitative estimate of drug-likeness (QED) is 0.102. The smallest absolute Gasteiger partial charge is 0.0459 e. The van der Waals surface area contributed by atoms with E-state index >= 15 is 0 Å². The van der Waals surface area contributed by atoms with Gasteiger partial charge < -0.3 is 20.4 Å². The molecule has 4 N–H and O–H groups in total. The first kappa shape index (κ1) is 52.3. The topological polar surface area (TPSA) is 80.9 Å². The third-order valence-electron chi connectivity index (χ3n) is 7.21. The van der Waals surface area contributed by atoms with Gasteiger partial charge in [-0.15, -0.1) is 0 Å². The number of hydrogen-bond acceptors (Lipinski definition) is 4. The van der Waals surface area contributed by atoms with Gasteiger partial charge in [-0.3, -0.25) is 0 Å². The summed E-state index contributed by atoms with van der Waals surface area (Å²) in [5, 5.41) is 35.0. The van der Waals surface area contributed by atoms with E-state index in [-0.39, 0.29) is 52.4 Å². The third kappa shape index (κ3) is 44.6. The van der Waals surface area contributed by atoms with Crippen LogP contribution < -0.4 is 0 Å². The minimum Gasteiger partial charge on any atom is -0.396 e. The Bertz CT molecular complexity index is 269. The second kappa shape index (κ2) is 48.3. The Hall–Kier alpha value is 1.61. The molecule has 0 rings (SSSR count). The minimum atomic E-state index is 0. The molecule has 6 heteroatoms. The number of aliphatic hydroxyl groups is 4. The zero-order valence-corrected chi connectivity index (χ0v) is 32.2. The van der Waals surface area contributed by atoms with Crippen LogP contribution in [0.4, 0.5) is 0 Å². The molecule has 232 valence electrons. The molecule has 0 fully saturated rings. The SMILES string of the molecule is CCCCC(CC)CO.CCCCC(CC)CO.CCCCC(CC)CO.CCCCC(CC)CO.[Zr].[Zr]. The molecule has 0 bridgehead atoms. The maximum absolute atomic E-state index is 8.75. The first-order valence-corrected chi connectivity index (χ1v) is 15.8. The van der Waals surface area contributed by atoms with Crippen LogP contribution in [-0.4, -0.2) is 46.9 Å². The molecule has 0 aliphatic heterocycles. The molecule has 4 unspecified atom stereocenters. The van der Waals surface area contributed by atoms with Gasteiger partial charge in [-0.2, -0.15) is 0 Å². The first-order chi connectivity index (χ1) is 17.4. The molecule has 0 saturated heterocycles. The van der Waals surface area contributed by atoms with E-state index in [9.17, 15) is 0 Å². The van der Waals surface area contributed by atoms with Gasteiger partial charge in [0.1, 0.15) is 0 Å². The van der Waals surface area contributed by atoms with Crippen LogP contribution in [-0.2, 0) is 52.4 Å². The van der Waals surface area contributed by atoms with E-state index in [1.807, 2.05) is 0 Å². The molecule has 0 heterocycles. The van der Waals surface area contributed by atoms with Crippen molar-refractivity contribution in [2.24, 2.45) is 23.7 Å². The number of rotatable bonds is 20. The van der Waals surface area contributed by atoms with Crippen molar-refractivity contribution in [2.75, 3.05) is 26.4 Å². The standard InChI is InChI=1S/4C8H18O.2Zr/c4*1-3-5-6-8(4-2)7-9;;/h4*8-9H,3-7H2,1-2H3;;. The van der Waals surface area contributed by atoms with Crippen LogP contribution in [0.15, 0.2) is 0 Å². The maximum Gasteiger partial charge on any atom is 0.0459 e. The van der Waals surface area contributed by atoms with E-state index in [1.165, 1.54) is 77.0 Å². The van der Waals surface area contributed by atoms with Gasteiger partial charge in [-0.1, -0.05) is 132 Å². The number of aliphatic hydroxyl groups excluding tert-OH is 4. The normalized spacial score (nSPS) is 12.9. The Kier molecular flexibility index (Phi) is 66.5. The Morgan fingerprint density at radius 1 is 0.342 bits per heavy atom. The van der Waals surface area contributed by atoms with Crippen LogP contribution in [0.3, 0.4) is 0 Å². The van der Waals surface area contributed by atoms with E-state index in [2.05, 4.69) is 55.4 Å². The van der Waals surface area contributed by atoms with Crippen molar-refractivity contribution < 1.29 is 72.8 Å². The molecule has 38 heavy (non-hydrogen) atoms. The fourth-order valence-electron chi connectivity index (χ4n) is 3.67. The van der Waals surface area contributed by atoms with E-state index < -0.39 is 0 Å². The van der Waals surface area contributed by atoms with E-state index in [0.717, 1.165) is 25.7 Å². The van der Waals surface area contributed by atoms with Gasteiger partial charge >= 0.3 is 0 Å². The summed E-state index contributed by atoms with van der Waals surface area (Å²) in [6.07, 6.45) is 19.3. The largest absolute Gasteiger partial charge is 0.396 e. The van der Waals surface area contributed by atoms with Crippen LogP contribution in [0.25, 0.3) is 0 Å². The molecule has 4 atom stereocenters. The van der Waals surface area contributed by atoms with Crippen LogP contribution in [0.5, 0.6) is 0 Å². The van der Waals surface area contributed by atoms with Gasteiger partial charge in [-0.25, -0.2) is 0 Å². The first-order valence-electron chi connectivity index (χ1n) is 15.8. The molecule has 0 aromatic rings. The van der Waals surface area contributed by atoms with Crippen molar-refractivity contribution in [3.05, 3.63) is 0 Å². The van der Waals surface area contributed by atoms with Crippen LogP contribution in [0, 0.1) is 23.7 Å². The fraction of sp³-hybridized carbons (Fsp3) is 1.00. The molecule has 0 aromatic heterocycles. The van der Waals surface area contributed by atoms with Gasteiger partial charge in [0, 0.05) is 78.8 Å². The van der Waals surface area contributed by atoms with Crippen molar-refractivity contribution in [2.45, 2.75) is 158 Å². The van der Waals surface area contributed by atoms with Crippen molar-refractivity contribution in [3.8, 4) is 0 Å². The molecule has 0 saturated carbocycles. The molecule has 0 aliphatic carbocycles. The Balaban J connectivity index is -0.0000000883. The molecular weight excluding hydrogens is 631 g/mol. The summed E-state index contributed by atoms with van der Waals surface area (Å²) in [6, 6.07) is 0. The summed E-state index contributed by atoms with van der Waals surface area (Å²) in [5.41, 5.74) is 0. The zero-order valence-electron chi connectivity index (χ0n) is 27.2. The molecule has 0 aromatic carbocycles. The second-order valence-corrected chi connectivity index (χ2v) is 10.4. The molecule has 0 aliphatic rings. The molecular formula is C32H72O4Zr2. The summed E-state index contributed by atoms with van der Waals surface area (Å²) >= 11 is 0. The Labute approximate surface area is 279 Å². The van der Waals surface area contributed by atoms with Crippen LogP contribution >= 0.6 is 0 Å². The maximum atomic E-state index is 8.75. The van der Waals surface area contributed by atoms with Crippen molar-refractivity contribution in [1.82, 2.24) is 0 Å². The summed E-state index contributed by atoms with van der Waals surface area (Å²) in [4.78, 5) is 0. The van der Waals surface area contributed by atoms with E-state index in [4.69, 9.17) is 20.4 Å². The predicted molar refractivity (Wildman–Crippen MR) is 162 cm³/mol. The molecule has 0 radical (unpaired) electrons. The average Bonchev–Trinajstić information content (AvgIpc) is 2.92. The summed E-state index contributed by atoms with van der Waals surface area (Å²) in [5.74, 6) is 2.24. The van der Waals surface area contributed by atoms with Crippen LogP contribution in [0.2, 0.25) is 0 Å². The molecule has 4 nitrogen and oxygen atoms in total. The molecule has 0 spiro atoms. The summed E-state index contributed by atoms with van der Waals surface area (Å²) < 4.78 is 0. The van der Waals surface area contributed by atoms with Gasteiger partial charge in [0.25, 0.3) is 0 Å². The monoisotopic (exact) mass is 700 g/mol. The average molecular weight is 703 g/mol. The molecule has 0 amide bonds. The van der Waals surface area contributed by atoms with Crippen molar-refractivity contribution >= 4 is 0 Å². The van der Waals surface area contributed by atoms with Crippen LogP contribution in [0.1, 0.15) is 158 Å². The second-order valence-electron chi connectivity index (χ2n) is 10.4. The van der Waals surface area contributed by atoms with Gasteiger partial charge in [0.2, 0.25) is 0 Å². The van der Waals surface area contributed by atoms with E-state index in [0.29, 0.717) is 50.1 Å². The van der Waals surface area contributed by atoms with Crippen molar-refractivity contribution in [3.63, 3.8) is 0 Å². The third-order valence-corrected chi connectivity index (χ3v) is 7.21. The zero-order chi connectivity index (χ0) is 28.5. The number of unbranched alkanes of at least 4 members (excludes halogenated alkanes) is 4. The van der Waals surface area contributed by atoms with Gasteiger partial charge in [0.15, 0.2) is 0 Å². The van der Waals surface area contributed by atoms with Gasteiger partial charge in [0.05, 0.1) is 0 Å². The summed E-state index contributed by atoms with van der Waals surface area (Å²) in [7, 11) is 0.